The molecule has 0 radical (unpaired) electrons. The second kappa shape index (κ2) is 9.21. The van der Waals surface area contributed by atoms with Crippen LogP contribution in [0.4, 0.5) is 4.39 Å². The van der Waals surface area contributed by atoms with E-state index in [1.165, 1.54) is 12.1 Å². The number of amides is 2. The third-order valence-corrected chi connectivity index (χ3v) is 4.57. The predicted octanol–water partition coefficient (Wildman–Crippen LogP) is 4.32. The highest BCUT2D eigenvalue weighted by Gasteiger charge is 2.28. The van der Waals surface area contributed by atoms with E-state index in [1.54, 1.807) is 24.0 Å². The number of hydrogen-bond acceptors (Lipinski definition) is 2. The summed E-state index contributed by atoms with van der Waals surface area (Å²) in [6.45, 7) is 11.7. The van der Waals surface area contributed by atoms with E-state index in [1.807, 2.05) is 46.8 Å². The second-order valence-electron chi connectivity index (χ2n) is 8.74. The Bertz CT molecular complexity index is 849. The number of carbonyl (C=O) groups excluding carboxylic acids is 2. The van der Waals surface area contributed by atoms with Crippen molar-refractivity contribution in [3.8, 4) is 0 Å². The van der Waals surface area contributed by atoms with Crippen molar-refractivity contribution in [2.75, 3.05) is 0 Å². The molecule has 0 saturated carbocycles. The van der Waals surface area contributed by atoms with Gasteiger partial charge in [-0.1, -0.05) is 41.5 Å². The van der Waals surface area contributed by atoms with Crippen LogP contribution >= 0.6 is 0 Å². The van der Waals surface area contributed by atoms with Gasteiger partial charge in [0.15, 0.2) is 0 Å². The maximum absolute atomic E-state index is 13.3. The van der Waals surface area contributed by atoms with Gasteiger partial charge in [0, 0.05) is 12.1 Å². The number of carbonyl (C=O) groups is 2. The lowest BCUT2D eigenvalue weighted by Crippen LogP contribution is -2.52. The molecule has 2 aromatic carbocycles. The largest absolute Gasteiger partial charge is 0.350 e. The van der Waals surface area contributed by atoms with Gasteiger partial charge >= 0.3 is 0 Å². The molecular formula is C24H31FN2O2. The predicted molar refractivity (Wildman–Crippen MR) is 114 cm³/mol. The molecule has 0 saturated heterocycles. The molecule has 1 N–H and O–H groups in total. The summed E-state index contributed by atoms with van der Waals surface area (Å²) < 4.78 is 13.3. The highest BCUT2D eigenvalue weighted by atomic mass is 19.1. The maximum atomic E-state index is 13.3. The van der Waals surface area contributed by atoms with Gasteiger partial charge in [0.25, 0.3) is 0 Å². The van der Waals surface area contributed by atoms with Crippen LogP contribution in [0.2, 0.25) is 0 Å². The Morgan fingerprint density at radius 1 is 1.00 bits per heavy atom. The minimum Gasteiger partial charge on any atom is -0.350 e. The Kier molecular flexibility index (Phi) is 7.17. The van der Waals surface area contributed by atoms with Gasteiger partial charge in [0.05, 0.1) is 6.42 Å². The fourth-order valence-electron chi connectivity index (χ4n) is 3.29. The van der Waals surface area contributed by atoms with Gasteiger partial charge in [-0.3, -0.25) is 9.59 Å². The molecule has 2 aromatic rings. The van der Waals surface area contributed by atoms with Crippen molar-refractivity contribution in [2.24, 2.45) is 0 Å². The molecule has 4 nitrogen and oxygen atoms in total. The Balaban J connectivity index is 2.27. The molecule has 0 bridgehead atoms. The van der Waals surface area contributed by atoms with E-state index in [4.69, 9.17) is 0 Å². The molecule has 0 heterocycles. The molecule has 156 valence electrons. The third kappa shape index (κ3) is 7.00. The lowest BCUT2D eigenvalue weighted by Gasteiger charge is -2.31. The highest BCUT2D eigenvalue weighted by Crippen LogP contribution is 2.16. The Hall–Kier alpha value is -2.69. The number of nitrogens with one attached hydrogen (secondary N) is 1. The van der Waals surface area contributed by atoms with Crippen LogP contribution in [-0.4, -0.2) is 28.3 Å². The van der Waals surface area contributed by atoms with Crippen LogP contribution in [0.3, 0.4) is 0 Å². The minimum atomic E-state index is -0.655. The van der Waals surface area contributed by atoms with Crippen molar-refractivity contribution >= 4 is 11.8 Å². The number of benzene rings is 2. The summed E-state index contributed by atoms with van der Waals surface area (Å²) in [4.78, 5) is 27.5. The van der Waals surface area contributed by atoms with Crippen LogP contribution in [0.5, 0.6) is 0 Å². The van der Waals surface area contributed by atoms with Crippen LogP contribution in [0.15, 0.2) is 42.5 Å². The number of aryl methyl sites for hydroxylation is 2. The van der Waals surface area contributed by atoms with Crippen LogP contribution in [0.25, 0.3) is 0 Å². The molecular weight excluding hydrogens is 367 g/mol. The quantitative estimate of drug-likeness (QED) is 0.788. The van der Waals surface area contributed by atoms with E-state index in [2.05, 4.69) is 11.4 Å². The summed E-state index contributed by atoms with van der Waals surface area (Å²) in [6.07, 6.45) is 0.205. The lowest BCUT2D eigenvalue weighted by molar-refractivity contribution is -0.140. The Labute approximate surface area is 173 Å². The number of hydrogen-bond donors (Lipinski definition) is 1. The van der Waals surface area contributed by atoms with Gasteiger partial charge in [0.1, 0.15) is 11.9 Å². The average molecular weight is 399 g/mol. The van der Waals surface area contributed by atoms with Crippen molar-refractivity contribution in [3.63, 3.8) is 0 Å². The fraction of sp³-hybridized carbons (Fsp3) is 0.417. The third-order valence-electron chi connectivity index (χ3n) is 4.57. The summed E-state index contributed by atoms with van der Waals surface area (Å²) in [5.74, 6) is -0.690. The molecule has 29 heavy (non-hydrogen) atoms. The van der Waals surface area contributed by atoms with E-state index in [0.29, 0.717) is 0 Å². The van der Waals surface area contributed by atoms with E-state index in [-0.39, 0.29) is 30.6 Å². The molecule has 1 atom stereocenters. The van der Waals surface area contributed by atoms with Crippen molar-refractivity contribution < 1.29 is 14.0 Å². The smallest absolute Gasteiger partial charge is 0.242 e. The number of rotatable bonds is 6. The molecule has 0 aliphatic heterocycles. The summed E-state index contributed by atoms with van der Waals surface area (Å²) >= 11 is 0. The second-order valence-corrected chi connectivity index (χ2v) is 8.74. The molecule has 5 heteroatoms. The van der Waals surface area contributed by atoms with Gasteiger partial charge < -0.3 is 10.2 Å². The molecule has 2 amide bonds. The zero-order valence-corrected chi connectivity index (χ0v) is 18.2. The number of nitrogens with zero attached hydrogens (tertiary/aromatic N) is 1. The zero-order chi connectivity index (χ0) is 21.8. The van der Waals surface area contributed by atoms with E-state index < -0.39 is 11.6 Å². The summed E-state index contributed by atoms with van der Waals surface area (Å²) in [7, 11) is 0. The van der Waals surface area contributed by atoms with Gasteiger partial charge in [-0.25, -0.2) is 4.39 Å². The van der Waals surface area contributed by atoms with Crippen molar-refractivity contribution in [2.45, 2.75) is 66.1 Å². The fourth-order valence-corrected chi connectivity index (χ4v) is 3.29. The zero-order valence-electron chi connectivity index (χ0n) is 18.2. The number of halogens is 1. The van der Waals surface area contributed by atoms with Gasteiger partial charge in [-0.2, -0.15) is 0 Å². The standard InChI is InChI=1S/C24H31FN2O2/c1-16-11-17(2)13-20(12-16)14-22(28)27(15-19-7-9-21(25)10-8-19)18(3)23(29)26-24(4,5)6/h7-13,18H,14-15H2,1-6H3,(H,26,29)/t18-/m1/s1. The normalized spacial score (nSPS) is 12.4. The minimum absolute atomic E-state index is 0.143. The van der Waals surface area contributed by atoms with E-state index in [0.717, 1.165) is 22.3 Å². The molecule has 0 aromatic heterocycles. The first-order chi connectivity index (χ1) is 13.4. The maximum Gasteiger partial charge on any atom is 0.242 e. The molecule has 0 fully saturated rings. The summed E-state index contributed by atoms with van der Waals surface area (Å²) in [5, 5.41) is 2.94. The first-order valence-corrected chi connectivity index (χ1v) is 9.88. The Morgan fingerprint density at radius 3 is 2.07 bits per heavy atom. The van der Waals surface area contributed by atoms with Crippen LogP contribution in [-0.2, 0) is 22.6 Å². The van der Waals surface area contributed by atoms with Gasteiger partial charge in [-0.05, 0) is 64.8 Å². The van der Waals surface area contributed by atoms with Crippen molar-refractivity contribution in [3.05, 3.63) is 70.5 Å². The lowest BCUT2D eigenvalue weighted by atomic mass is 10.0. The first-order valence-electron chi connectivity index (χ1n) is 9.88. The first kappa shape index (κ1) is 22.6. The van der Waals surface area contributed by atoms with Crippen LogP contribution < -0.4 is 5.32 Å². The average Bonchev–Trinajstić information content (AvgIpc) is 2.58. The molecule has 0 spiro atoms. The van der Waals surface area contributed by atoms with E-state index >= 15 is 0 Å². The van der Waals surface area contributed by atoms with Crippen LogP contribution in [0.1, 0.15) is 49.9 Å². The molecule has 0 unspecified atom stereocenters. The molecule has 0 aliphatic rings. The summed E-state index contributed by atoms with van der Waals surface area (Å²) in [5.41, 5.74) is 3.48. The molecule has 0 aliphatic carbocycles. The van der Waals surface area contributed by atoms with Crippen molar-refractivity contribution in [1.29, 1.82) is 0 Å². The van der Waals surface area contributed by atoms with E-state index in [9.17, 15) is 14.0 Å². The monoisotopic (exact) mass is 398 g/mol. The Morgan fingerprint density at radius 2 is 1.55 bits per heavy atom. The van der Waals surface area contributed by atoms with Gasteiger partial charge in [-0.15, -0.1) is 0 Å². The SMILES string of the molecule is Cc1cc(C)cc(CC(=O)N(Cc2ccc(F)cc2)[C@H](C)C(=O)NC(C)(C)C)c1. The summed E-state index contributed by atoms with van der Waals surface area (Å²) in [6, 6.07) is 11.4. The topological polar surface area (TPSA) is 49.4 Å². The van der Waals surface area contributed by atoms with Crippen molar-refractivity contribution in [1.82, 2.24) is 10.2 Å². The molecule has 2 rings (SSSR count). The highest BCUT2D eigenvalue weighted by molar-refractivity contribution is 5.88. The van der Waals surface area contributed by atoms with Crippen LogP contribution in [0, 0.1) is 19.7 Å². The van der Waals surface area contributed by atoms with Gasteiger partial charge in [0.2, 0.25) is 11.8 Å².